The van der Waals surface area contributed by atoms with Crippen molar-refractivity contribution < 1.29 is 39.0 Å². The maximum Gasteiger partial charge on any atom is 0.326 e. The Labute approximate surface area is 228 Å². The lowest BCUT2D eigenvalue weighted by atomic mass is 10.0. The molecule has 0 spiro atoms. The Bertz CT molecular complexity index is 1060. The maximum atomic E-state index is 13.1. The first-order chi connectivity index (χ1) is 18.8. The van der Waals surface area contributed by atoms with E-state index in [1.54, 1.807) is 0 Å². The predicted molar refractivity (Wildman–Crippen MR) is 139 cm³/mol. The summed E-state index contributed by atoms with van der Waals surface area (Å²) in [7, 11) is 0. The van der Waals surface area contributed by atoms with E-state index < -0.39 is 66.2 Å². The molecule has 0 bridgehead atoms. The van der Waals surface area contributed by atoms with E-state index in [-0.39, 0.29) is 51.0 Å². The SMILES string of the molecule is NC(=O)CCC(NC(=O)C(N)CCC(=O)O)C(=O)NC(CCCN=C(N)N)C(=O)NC(Cc1cnc[nH]1)C(=O)O. The van der Waals surface area contributed by atoms with Crippen molar-refractivity contribution >= 4 is 41.5 Å². The van der Waals surface area contributed by atoms with Gasteiger partial charge < -0.3 is 54.1 Å². The van der Waals surface area contributed by atoms with E-state index in [2.05, 4.69) is 30.9 Å². The third-order valence-electron chi connectivity index (χ3n) is 5.49. The lowest BCUT2D eigenvalue weighted by Crippen LogP contribution is -2.57. The number of H-pyrrole nitrogens is 1. The zero-order valence-electron chi connectivity index (χ0n) is 21.7. The molecule has 0 aliphatic rings. The Morgan fingerprint density at radius 2 is 1.48 bits per heavy atom. The van der Waals surface area contributed by atoms with Gasteiger partial charge in [-0.25, -0.2) is 9.78 Å². The van der Waals surface area contributed by atoms with Crippen LogP contribution < -0.4 is 38.9 Å². The summed E-state index contributed by atoms with van der Waals surface area (Å²) in [5.41, 5.74) is 21.9. The number of nitrogens with zero attached hydrogens (tertiary/aromatic N) is 2. The standard InChI is InChI=1S/C22H36N10O8/c23-12(3-6-17(34)35)18(36)30-14(4-5-16(24)33)20(38)31-13(2-1-7-28-22(25)26)19(37)32-15(21(39)40)8-11-9-27-10-29-11/h9-10,12-15H,1-8,23H2,(H2,24,33)(H,27,29)(H,30,36)(H,31,38)(H,32,37)(H,34,35)(H,39,40)(H4,25,26,28). The van der Waals surface area contributed by atoms with Gasteiger partial charge in [0, 0.05) is 37.7 Å². The quantitative estimate of drug-likeness (QED) is 0.0433. The van der Waals surface area contributed by atoms with Crippen LogP contribution in [0.2, 0.25) is 0 Å². The van der Waals surface area contributed by atoms with Gasteiger partial charge in [0.15, 0.2) is 5.96 Å². The number of imidazole rings is 1. The maximum absolute atomic E-state index is 13.1. The molecule has 0 aliphatic heterocycles. The molecule has 0 saturated heterocycles. The molecule has 1 heterocycles. The minimum absolute atomic E-state index is 0.0284. The number of carbonyl (C=O) groups is 6. The average Bonchev–Trinajstić information content (AvgIpc) is 3.38. The highest BCUT2D eigenvalue weighted by Crippen LogP contribution is 2.06. The van der Waals surface area contributed by atoms with Crippen molar-refractivity contribution in [3.8, 4) is 0 Å². The lowest BCUT2D eigenvalue weighted by molar-refractivity contribution is -0.142. The highest BCUT2D eigenvalue weighted by Gasteiger charge is 2.30. The summed E-state index contributed by atoms with van der Waals surface area (Å²) in [5, 5.41) is 25.5. The molecule has 18 heteroatoms. The number of carboxylic acid groups (broad SMARTS) is 2. The van der Waals surface area contributed by atoms with Gasteiger partial charge in [-0.2, -0.15) is 0 Å². The fourth-order valence-electron chi connectivity index (χ4n) is 3.38. The molecule has 0 fully saturated rings. The van der Waals surface area contributed by atoms with Gasteiger partial charge >= 0.3 is 11.9 Å². The molecule has 4 atom stereocenters. The summed E-state index contributed by atoms with van der Waals surface area (Å²) in [4.78, 5) is 82.9. The van der Waals surface area contributed by atoms with E-state index in [0.717, 1.165) is 0 Å². The van der Waals surface area contributed by atoms with Crippen LogP contribution in [0.1, 0.15) is 44.2 Å². The van der Waals surface area contributed by atoms with Crippen LogP contribution in [-0.2, 0) is 35.2 Å². The molecular weight excluding hydrogens is 532 g/mol. The molecule has 1 rings (SSSR count). The van der Waals surface area contributed by atoms with Crippen LogP contribution in [-0.4, -0.2) is 92.4 Å². The van der Waals surface area contributed by atoms with Gasteiger partial charge in [-0.05, 0) is 25.7 Å². The molecule has 40 heavy (non-hydrogen) atoms. The van der Waals surface area contributed by atoms with Crippen molar-refractivity contribution in [3.05, 3.63) is 18.2 Å². The first kappa shape index (κ1) is 33.3. The van der Waals surface area contributed by atoms with Crippen molar-refractivity contribution in [3.63, 3.8) is 0 Å². The van der Waals surface area contributed by atoms with Crippen LogP contribution >= 0.6 is 0 Å². The molecule has 1 aromatic heterocycles. The first-order valence-electron chi connectivity index (χ1n) is 12.2. The Morgan fingerprint density at radius 1 is 0.875 bits per heavy atom. The van der Waals surface area contributed by atoms with Gasteiger partial charge in [-0.1, -0.05) is 0 Å². The topological polar surface area (TPSA) is 324 Å². The summed E-state index contributed by atoms with van der Waals surface area (Å²) in [5.74, 6) is -6.06. The summed E-state index contributed by atoms with van der Waals surface area (Å²) in [6.45, 7) is 0.0960. The molecule has 14 N–H and O–H groups in total. The molecular formula is C22H36N10O8. The number of carbonyl (C=O) groups excluding carboxylic acids is 4. The highest BCUT2D eigenvalue weighted by molar-refractivity contribution is 5.94. The van der Waals surface area contributed by atoms with Gasteiger partial charge in [-0.3, -0.25) is 29.0 Å². The number of nitrogens with one attached hydrogen (secondary N) is 4. The average molecular weight is 569 g/mol. The molecule has 0 saturated carbocycles. The molecule has 0 aliphatic carbocycles. The zero-order chi connectivity index (χ0) is 30.2. The summed E-state index contributed by atoms with van der Waals surface area (Å²) >= 11 is 0. The fraction of sp³-hybridized carbons (Fsp3) is 0.545. The van der Waals surface area contributed by atoms with Crippen molar-refractivity contribution in [1.29, 1.82) is 0 Å². The summed E-state index contributed by atoms with van der Waals surface area (Å²) < 4.78 is 0. The van der Waals surface area contributed by atoms with E-state index in [0.29, 0.717) is 5.69 Å². The van der Waals surface area contributed by atoms with Crippen LogP contribution in [0.25, 0.3) is 0 Å². The number of aromatic amines is 1. The van der Waals surface area contributed by atoms with Crippen molar-refractivity contribution in [1.82, 2.24) is 25.9 Å². The first-order valence-corrected chi connectivity index (χ1v) is 12.2. The lowest BCUT2D eigenvalue weighted by Gasteiger charge is -2.25. The Morgan fingerprint density at radius 3 is 2.00 bits per heavy atom. The van der Waals surface area contributed by atoms with Crippen LogP contribution in [0.4, 0.5) is 0 Å². The molecule has 1 aromatic rings. The number of carboxylic acids is 2. The zero-order valence-corrected chi connectivity index (χ0v) is 21.7. The summed E-state index contributed by atoms with van der Waals surface area (Å²) in [6.07, 6.45) is 1.62. The van der Waals surface area contributed by atoms with Crippen LogP contribution in [0.15, 0.2) is 17.5 Å². The fourth-order valence-corrected chi connectivity index (χ4v) is 3.38. The van der Waals surface area contributed by atoms with Crippen molar-refractivity contribution in [2.75, 3.05) is 6.54 Å². The minimum atomic E-state index is -1.37. The predicted octanol–water partition coefficient (Wildman–Crippen LogP) is -4.00. The number of aliphatic carboxylic acids is 2. The van der Waals surface area contributed by atoms with E-state index in [1.165, 1.54) is 12.5 Å². The highest BCUT2D eigenvalue weighted by atomic mass is 16.4. The number of hydrogen-bond donors (Lipinski definition) is 10. The van der Waals surface area contributed by atoms with Crippen LogP contribution in [0, 0.1) is 0 Å². The molecule has 4 unspecified atom stereocenters. The second-order valence-electron chi connectivity index (χ2n) is 8.80. The van der Waals surface area contributed by atoms with Crippen LogP contribution in [0.5, 0.6) is 0 Å². The van der Waals surface area contributed by atoms with Gasteiger partial charge in [0.2, 0.25) is 23.6 Å². The number of guanidine groups is 1. The monoisotopic (exact) mass is 568 g/mol. The number of rotatable bonds is 19. The minimum Gasteiger partial charge on any atom is -0.481 e. The van der Waals surface area contributed by atoms with Gasteiger partial charge in [0.05, 0.1) is 12.4 Å². The van der Waals surface area contributed by atoms with Crippen LogP contribution in [0.3, 0.4) is 0 Å². The van der Waals surface area contributed by atoms with Gasteiger partial charge in [-0.15, -0.1) is 0 Å². The molecule has 4 amide bonds. The number of primary amides is 1. The number of aliphatic imine (C=N–C) groups is 1. The van der Waals surface area contributed by atoms with E-state index in [1.807, 2.05) is 0 Å². The van der Waals surface area contributed by atoms with E-state index >= 15 is 0 Å². The molecule has 0 aromatic carbocycles. The van der Waals surface area contributed by atoms with Crippen molar-refractivity contribution in [2.45, 2.75) is 69.1 Å². The van der Waals surface area contributed by atoms with Gasteiger partial charge in [0.25, 0.3) is 0 Å². The second kappa shape index (κ2) is 17.0. The number of amides is 4. The third-order valence-corrected chi connectivity index (χ3v) is 5.49. The molecule has 0 radical (unpaired) electrons. The summed E-state index contributed by atoms with van der Waals surface area (Å²) in [6, 6.07) is -5.30. The molecule has 18 nitrogen and oxygen atoms in total. The smallest absolute Gasteiger partial charge is 0.326 e. The number of hydrogen-bond acceptors (Lipinski definition) is 9. The third kappa shape index (κ3) is 13.2. The van der Waals surface area contributed by atoms with E-state index in [4.69, 9.17) is 28.0 Å². The normalized spacial score (nSPS) is 13.6. The Balaban J connectivity index is 3.06. The van der Waals surface area contributed by atoms with Crippen molar-refractivity contribution in [2.24, 2.45) is 27.9 Å². The Kier molecular flexibility index (Phi) is 14.1. The number of aromatic nitrogens is 2. The Hall–Kier alpha value is -4.74. The second-order valence-corrected chi connectivity index (χ2v) is 8.80. The molecule has 222 valence electrons. The largest absolute Gasteiger partial charge is 0.481 e. The number of nitrogens with two attached hydrogens (primary N) is 4. The van der Waals surface area contributed by atoms with E-state index in [9.17, 15) is 33.9 Å². The van der Waals surface area contributed by atoms with Gasteiger partial charge in [0.1, 0.15) is 18.1 Å².